The fourth-order valence-corrected chi connectivity index (χ4v) is 3.21. The number of rotatable bonds is 4. The molecule has 150 valence electrons. The number of nitriles is 1. The Morgan fingerprint density at radius 2 is 1.79 bits per heavy atom. The van der Waals surface area contributed by atoms with Gasteiger partial charge < -0.3 is 9.30 Å². The van der Waals surface area contributed by atoms with E-state index in [1.807, 2.05) is 6.07 Å². The van der Waals surface area contributed by atoms with E-state index in [1.165, 1.54) is 28.8 Å². The zero-order valence-electron chi connectivity index (χ0n) is 15.8. The van der Waals surface area contributed by atoms with Gasteiger partial charge in [-0.15, -0.1) is 10.2 Å². The molecule has 3 aromatic rings. The van der Waals surface area contributed by atoms with Gasteiger partial charge in [0.05, 0.1) is 22.2 Å². The molecule has 0 saturated heterocycles. The van der Waals surface area contributed by atoms with Crippen LogP contribution in [0.3, 0.4) is 0 Å². The number of nitrogens with zero attached hydrogens (tertiary/aromatic N) is 4. The second-order valence-electron chi connectivity index (χ2n) is 6.82. The number of ether oxygens (including phenoxy) is 1. The maximum absolute atomic E-state index is 13.4. The summed E-state index contributed by atoms with van der Waals surface area (Å²) in [7, 11) is 1.57. The standard InChI is InChI=1S/C20H16ClF3N4O/c1-19(2,29-16-9-8-12(11-25)10-15(16)21)18-27-26-17(28(18)3)13-6-4-5-7-14(13)20(22,23)24/h4-10H,1-3H3. The summed E-state index contributed by atoms with van der Waals surface area (Å²) in [5.41, 5.74) is -1.56. The summed E-state index contributed by atoms with van der Waals surface area (Å²) >= 11 is 6.17. The van der Waals surface area contributed by atoms with Crippen LogP contribution >= 0.6 is 11.6 Å². The van der Waals surface area contributed by atoms with Crippen molar-refractivity contribution in [1.82, 2.24) is 14.8 Å². The van der Waals surface area contributed by atoms with Gasteiger partial charge >= 0.3 is 6.18 Å². The van der Waals surface area contributed by atoms with Crippen molar-refractivity contribution in [3.63, 3.8) is 0 Å². The van der Waals surface area contributed by atoms with Crippen molar-refractivity contribution in [2.24, 2.45) is 7.05 Å². The van der Waals surface area contributed by atoms with Crippen LogP contribution < -0.4 is 4.74 Å². The molecule has 0 unspecified atom stereocenters. The fraction of sp³-hybridized carbons (Fsp3) is 0.250. The van der Waals surface area contributed by atoms with E-state index in [0.29, 0.717) is 17.1 Å². The minimum atomic E-state index is -4.52. The number of hydrogen-bond acceptors (Lipinski definition) is 4. The summed E-state index contributed by atoms with van der Waals surface area (Å²) in [6.45, 7) is 3.40. The molecule has 0 spiro atoms. The molecule has 0 fully saturated rings. The van der Waals surface area contributed by atoms with Crippen LogP contribution in [0.25, 0.3) is 11.4 Å². The number of alkyl halides is 3. The van der Waals surface area contributed by atoms with Crippen LogP contribution in [0.1, 0.15) is 30.8 Å². The van der Waals surface area contributed by atoms with Gasteiger partial charge in [-0.25, -0.2) is 0 Å². The van der Waals surface area contributed by atoms with Gasteiger partial charge in [0.1, 0.15) is 5.75 Å². The SMILES string of the molecule is Cn1c(-c2ccccc2C(F)(F)F)nnc1C(C)(C)Oc1ccc(C#N)cc1Cl. The molecule has 29 heavy (non-hydrogen) atoms. The molecule has 1 heterocycles. The molecule has 0 bridgehead atoms. The topological polar surface area (TPSA) is 63.7 Å². The van der Waals surface area contributed by atoms with Gasteiger partial charge in [0.2, 0.25) is 0 Å². The molecular formula is C20H16ClF3N4O. The largest absolute Gasteiger partial charge is 0.478 e. The zero-order chi connectivity index (χ0) is 21.4. The molecular weight excluding hydrogens is 405 g/mol. The Labute approximate surface area is 170 Å². The predicted octanol–water partition coefficient (Wildman–Crippen LogP) is 5.34. The van der Waals surface area contributed by atoms with Crippen molar-refractivity contribution in [1.29, 1.82) is 5.26 Å². The summed E-state index contributed by atoms with van der Waals surface area (Å²) in [5.74, 6) is 0.691. The van der Waals surface area contributed by atoms with E-state index in [1.54, 1.807) is 33.0 Å². The van der Waals surface area contributed by atoms with E-state index >= 15 is 0 Å². The van der Waals surface area contributed by atoms with Crippen LogP contribution in [-0.4, -0.2) is 14.8 Å². The first-order chi connectivity index (χ1) is 13.5. The summed E-state index contributed by atoms with van der Waals surface area (Å²) in [5, 5.41) is 17.2. The summed E-state index contributed by atoms with van der Waals surface area (Å²) in [6.07, 6.45) is -4.52. The number of benzene rings is 2. The molecule has 0 atom stereocenters. The summed E-state index contributed by atoms with van der Waals surface area (Å²) < 4.78 is 47.6. The third-order valence-corrected chi connectivity index (χ3v) is 4.61. The van der Waals surface area contributed by atoms with Gasteiger partial charge in [0.25, 0.3) is 0 Å². The Kier molecular flexibility index (Phi) is 5.28. The normalized spacial score (nSPS) is 11.9. The zero-order valence-corrected chi connectivity index (χ0v) is 16.5. The quantitative estimate of drug-likeness (QED) is 0.571. The lowest BCUT2D eigenvalue weighted by atomic mass is 10.1. The first kappa shape index (κ1) is 20.7. The third kappa shape index (κ3) is 4.05. The van der Waals surface area contributed by atoms with E-state index in [4.69, 9.17) is 21.6 Å². The molecule has 2 aromatic carbocycles. The van der Waals surface area contributed by atoms with Gasteiger partial charge in [-0.3, -0.25) is 0 Å². The molecule has 0 radical (unpaired) electrons. The van der Waals surface area contributed by atoms with Crippen molar-refractivity contribution in [3.05, 3.63) is 64.4 Å². The second kappa shape index (κ2) is 7.41. The van der Waals surface area contributed by atoms with Crippen molar-refractivity contribution < 1.29 is 17.9 Å². The van der Waals surface area contributed by atoms with Gasteiger partial charge in [-0.1, -0.05) is 29.8 Å². The van der Waals surface area contributed by atoms with E-state index in [-0.39, 0.29) is 16.4 Å². The Balaban J connectivity index is 2.00. The van der Waals surface area contributed by atoms with Crippen LogP contribution in [0.4, 0.5) is 13.2 Å². The molecule has 1 aromatic heterocycles. The molecule has 0 amide bonds. The highest BCUT2D eigenvalue weighted by molar-refractivity contribution is 6.32. The molecule has 0 aliphatic carbocycles. The lowest BCUT2D eigenvalue weighted by molar-refractivity contribution is -0.137. The molecule has 0 aliphatic heterocycles. The Bertz CT molecular complexity index is 1100. The van der Waals surface area contributed by atoms with Crippen molar-refractivity contribution >= 4 is 11.6 Å². The predicted molar refractivity (Wildman–Crippen MR) is 101 cm³/mol. The van der Waals surface area contributed by atoms with Gasteiger partial charge in [-0.05, 0) is 38.1 Å². The highest BCUT2D eigenvalue weighted by Crippen LogP contribution is 2.38. The fourth-order valence-electron chi connectivity index (χ4n) is 2.99. The second-order valence-corrected chi connectivity index (χ2v) is 7.23. The first-order valence-electron chi connectivity index (χ1n) is 8.49. The monoisotopic (exact) mass is 420 g/mol. The minimum Gasteiger partial charge on any atom is -0.478 e. The highest BCUT2D eigenvalue weighted by Gasteiger charge is 2.36. The first-order valence-corrected chi connectivity index (χ1v) is 8.87. The van der Waals surface area contributed by atoms with E-state index in [2.05, 4.69) is 10.2 Å². The molecule has 5 nitrogen and oxygen atoms in total. The van der Waals surface area contributed by atoms with Crippen LogP contribution in [0.15, 0.2) is 42.5 Å². The van der Waals surface area contributed by atoms with Crippen LogP contribution in [0.5, 0.6) is 5.75 Å². The third-order valence-electron chi connectivity index (χ3n) is 4.31. The van der Waals surface area contributed by atoms with Crippen molar-refractivity contribution in [2.75, 3.05) is 0 Å². The summed E-state index contributed by atoms with van der Waals surface area (Å²) in [4.78, 5) is 0. The van der Waals surface area contributed by atoms with Gasteiger partial charge in [0.15, 0.2) is 17.2 Å². The van der Waals surface area contributed by atoms with Crippen LogP contribution in [0, 0.1) is 11.3 Å². The molecule has 9 heteroatoms. The van der Waals surface area contributed by atoms with E-state index in [0.717, 1.165) is 6.07 Å². The maximum Gasteiger partial charge on any atom is 0.417 e. The molecule has 0 aliphatic rings. The number of hydrogen-bond donors (Lipinski definition) is 0. The average Bonchev–Trinajstić information content (AvgIpc) is 3.05. The van der Waals surface area contributed by atoms with Gasteiger partial charge in [-0.2, -0.15) is 18.4 Å². The van der Waals surface area contributed by atoms with Crippen molar-refractivity contribution in [2.45, 2.75) is 25.6 Å². The lowest BCUT2D eigenvalue weighted by Crippen LogP contribution is -2.29. The number of halogens is 4. The maximum atomic E-state index is 13.4. The summed E-state index contributed by atoms with van der Waals surface area (Å²) in [6, 6.07) is 11.7. The average molecular weight is 421 g/mol. The minimum absolute atomic E-state index is 0.0653. The Hall–Kier alpha value is -3.05. The lowest BCUT2D eigenvalue weighted by Gasteiger charge is -2.26. The van der Waals surface area contributed by atoms with Crippen LogP contribution in [0.2, 0.25) is 5.02 Å². The van der Waals surface area contributed by atoms with E-state index < -0.39 is 17.3 Å². The molecule has 0 N–H and O–H groups in total. The molecule has 0 saturated carbocycles. The van der Waals surface area contributed by atoms with Gasteiger partial charge in [0, 0.05) is 12.6 Å². The number of aromatic nitrogens is 3. The Morgan fingerprint density at radius 3 is 2.41 bits per heavy atom. The van der Waals surface area contributed by atoms with Crippen molar-refractivity contribution in [3.8, 4) is 23.2 Å². The smallest absolute Gasteiger partial charge is 0.417 e. The highest BCUT2D eigenvalue weighted by atomic mass is 35.5. The Morgan fingerprint density at radius 1 is 1.10 bits per heavy atom. The molecule has 3 rings (SSSR count). The van der Waals surface area contributed by atoms with E-state index in [9.17, 15) is 13.2 Å². The van der Waals surface area contributed by atoms with Crippen LogP contribution in [-0.2, 0) is 18.8 Å².